The second-order valence-electron chi connectivity index (χ2n) is 3.69. The van der Waals surface area contributed by atoms with E-state index in [9.17, 15) is 0 Å². The third kappa shape index (κ3) is 6.32. The van der Waals surface area contributed by atoms with Gasteiger partial charge >= 0.3 is 0 Å². The van der Waals surface area contributed by atoms with Gasteiger partial charge < -0.3 is 10.6 Å². The van der Waals surface area contributed by atoms with Gasteiger partial charge in [-0.05, 0) is 47.2 Å². The molecule has 0 aliphatic heterocycles. The van der Waals surface area contributed by atoms with Crippen molar-refractivity contribution in [2.24, 2.45) is 5.73 Å². The number of rotatable bonds is 5. The molecule has 68 valence electrons. The van der Waals surface area contributed by atoms with Gasteiger partial charge in [0, 0.05) is 12.1 Å². The van der Waals surface area contributed by atoms with Gasteiger partial charge in [-0.25, -0.2) is 0 Å². The maximum absolute atomic E-state index is 5.64. The second-order valence-corrected chi connectivity index (χ2v) is 3.69. The monoisotopic (exact) mass is 158 g/mol. The average Bonchev–Trinajstić information content (AvgIpc) is 1.86. The van der Waals surface area contributed by atoms with Gasteiger partial charge in [0.05, 0.1) is 0 Å². The summed E-state index contributed by atoms with van der Waals surface area (Å²) in [6.07, 6.45) is 2.35. The van der Waals surface area contributed by atoms with Crippen molar-refractivity contribution in [1.29, 1.82) is 0 Å². The molecule has 0 aromatic rings. The Morgan fingerprint density at radius 1 is 1.27 bits per heavy atom. The third-order valence-electron chi connectivity index (χ3n) is 2.05. The standard InChI is InChI=1S/C9H22N2/c1-8(2)11(4)7-5-6-9(3)10/h8-9H,5-7,10H2,1-4H3/t9-/m1/s1. The molecule has 0 saturated heterocycles. The Bertz CT molecular complexity index is 89.6. The zero-order valence-electron chi connectivity index (χ0n) is 8.30. The number of hydrogen-bond donors (Lipinski definition) is 1. The van der Waals surface area contributed by atoms with Crippen molar-refractivity contribution in [3.63, 3.8) is 0 Å². The fraction of sp³-hybridized carbons (Fsp3) is 1.00. The normalized spacial score (nSPS) is 14.5. The number of nitrogens with two attached hydrogens (primary N) is 1. The van der Waals surface area contributed by atoms with Crippen LogP contribution in [0.25, 0.3) is 0 Å². The molecule has 0 aliphatic rings. The first-order valence-corrected chi connectivity index (χ1v) is 4.50. The SMILES string of the molecule is CC(C)N(C)CCC[C@@H](C)N. The molecule has 0 bridgehead atoms. The molecule has 0 aromatic carbocycles. The number of nitrogens with zero attached hydrogens (tertiary/aromatic N) is 1. The Labute approximate surface area is 70.8 Å². The van der Waals surface area contributed by atoms with Gasteiger partial charge in [-0.15, -0.1) is 0 Å². The molecule has 2 heteroatoms. The summed E-state index contributed by atoms with van der Waals surface area (Å²) in [6, 6.07) is 1.01. The molecular formula is C9H22N2. The minimum atomic E-state index is 0.357. The van der Waals surface area contributed by atoms with E-state index < -0.39 is 0 Å². The molecule has 1 atom stereocenters. The highest BCUT2D eigenvalue weighted by atomic mass is 15.1. The Balaban J connectivity index is 3.24. The van der Waals surface area contributed by atoms with Crippen molar-refractivity contribution in [2.45, 2.75) is 45.7 Å². The van der Waals surface area contributed by atoms with Crippen molar-refractivity contribution in [3.05, 3.63) is 0 Å². The van der Waals surface area contributed by atoms with Crippen molar-refractivity contribution >= 4 is 0 Å². The maximum Gasteiger partial charge on any atom is 0.00355 e. The molecule has 0 heterocycles. The lowest BCUT2D eigenvalue weighted by Gasteiger charge is -2.20. The summed E-state index contributed by atoms with van der Waals surface area (Å²) in [5, 5.41) is 0. The van der Waals surface area contributed by atoms with Crippen LogP contribution in [0.4, 0.5) is 0 Å². The smallest absolute Gasteiger partial charge is 0.00355 e. The minimum absolute atomic E-state index is 0.357. The van der Waals surface area contributed by atoms with Crippen molar-refractivity contribution in [2.75, 3.05) is 13.6 Å². The predicted molar refractivity (Wildman–Crippen MR) is 50.6 cm³/mol. The zero-order chi connectivity index (χ0) is 8.85. The summed E-state index contributed by atoms with van der Waals surface area (Å²) >= 11 is 0. The van der Waals surface area contributed by atoms with Gasteiger partial charge in [-0.3, -0.25) is 0 Å². The van der Waals surface area contributed by atoms with Gasteiger partial charge in [-0.1, -0.05) is 0 Å². The first-order chi connectivity index (χ1) is 5.04. The van der Waals surface area contributed by atoms with Crippen LogP contribution in [0, 0.1) is 0 Å². The number of hydrogen-bond acceptors (Lipinski definition) is 2. The first-order valence-electron chi connectivity index (χ1n) is 4.50. The lowest BCUT2D eigenvalue weighted by Crippen LogP contribution is -2.28. The van der Waals surface area contributed by atoms with E-state index in [2.05, 4.69) is 32.7 Å². The van der Waals surface area contributed by atoms with Crippen LogP contribution in [0.3, 0.4) is 0 Å². The lowest BCUT2D eigenvalue weighted by atomic mass is 10.2. The Morgan fingerprint density at radius 3 is 2.18 bits per heavy atom. The fourth-order valence-electron chi connectivity index (χ4n) is 0.921. The summed E-state index contributed by atoms with van der Waals surface area (Å²) in [5.74, 6) is 0. The van der Waals surface area contributed by atoms with E-state index in [4.69, 9.17) is 5.73 Å². The highest BCUT2D eigenvalue weighted by Crippen LogP contribution is 1.99. The molecule has 0 aliphatic carbocycles. The average molecular weight is 158 g/mol. The van der Waals surface area contributed by atoms with Crippen LogP contribution in [0.1, 0.15) is 33.6 Å². The third-order valence-corrected chi connectivity index (χ3v) is 2.05. The first kappa shape index (κ1) is 10.9. The van der Waals surface area contributed by atoms with Crippen molar-refractivity contribution < 1.29 is 0 Å². The molecule has 0 rings (SSSR count). The molecule has 2 nitrogen and oxygen atoms in total. The van der Waals surface area contributed by atoms with Crippen LogP contribution in [0.5, 0.6) is 0 Å². The molecular weight excluding hydrogens is 136 g/mol. The van der Waals surface area contributed by atoms with E-state index in [0.717, 1.165) is 6.42 Å². The van der Waals surface area contributed by atoms with Crippen LogP contribution in [-0.4, -0.2) is 30.6 Å². The second kappa shape index (κ2) is 5.56. The molecule has 0 aromatic heterocycles. The van der Waals surface area contributed by atoms with Crippen LogP contribution in [-0.2, 0) is 0 Å². The van der Waals surface area contributed by atoms with Gasteiger partial charge in [0.15, 0.2) is 0 Å². The summed E-state index contributed by atoms with van der Waals surface area (Å²) in [4.78, 5) is 2.35. The molecule has 0 saturated carbocycles. The van der Waals surface area contributed by atoms with Gasteiger partial charge in [0.25, 0.3) is 0 Å². The largest absolute Gasteiger partial charge is 0.328 e. The van der Waals surface area contributed by atoms with E-state index in [1.54, 1.807) is 0 Å². The van der Waals surface area contributed by atoms with Gasteiger partial charge in [-0.2, -0.15) is 0 Å². The van der Waals surface area contributed by atoms with Gasteiger partial charge in [0.2, 0.25) is 0 Å². The Kier molecular flexibility index (Phi) is 5.51. The van der Waals surface area contributed by atoms with E-state index >= 15 is 0 Å². The van der Waals surface area contributed by atoms with Crippen molar-refractivity contribution in [3.8, 4) is 0 Å². The van der Waals surface area contributed by atoms with E-state index in [0.29, 0.717) is 12.1 Å². The van der Waals surface area contributed by atoms with Crippen LogP contribution in [0.2, 0.25) is 0 Å². The van der Waals surface area contributed by atoms with Crippen molar-refractivity contribution in [1.82, 2.24) is 4.90 Å². The lowest BCUT2D eigenvalue weighted by molar-refractivity contribution is 0.266. The van der Waals surface area contributed by atoms with Crippen LogP contribution < -0.4 is 5.73 Å². The molecule has 0 fully saturated rings. The fourth-order valence-corrected chi connectivity index (χ4v) is 0.921. The molecule has 2 N–H and O–H groups in total. The molecule has 0 radical (unpaired) electrons. The van der Waals surface area contributed by atoms with E-state index in [1.807, 2.05) is 0 Å². The molecule has 0 spiro atoms. The summed E-state index contributed by atoms with van der Waals surface area (Å²) in [5.41, 5.74) is 5.64. The van der Waals surface area contributed by atoms with Crippen LogP contribution in [0.15, 0.2) is 0 Å². The molecule has 11 heavy (non-hydrogen) atoms. The Hall–Kier alpha value is -0.0800. The van der Waals surface area contributed by atoms with Crippen LogP contribution >= 0.6 is 0 Å². The predicted octanol–water partition coefficient (Wildman–Crippen LogP) is 1.45. The van der Waals surface area contributed by atoms with E-state index in [1.165, 1.54) is 13.0 Å². The van der Waals surface area contributed by atoms with E-state index in [-0.39, 0.29) is 0 Å². The maximum atomic E-state index is 5.64. The zero-order valence-corrected chi connectivity index (χ0v) is 8.30. The highest BCUT2D eigenvalue weighted by molar-refractivity contribution is 4.59. The summed E-state index contributed by atoms with van der Waals surface area (Å²) in [7, 11) is 2.16. The topological polar surface area (TPSA) is 29.3 Å². The highest BCUT2D eigenvalue weighted by Gasteiger charge is 2.02. The summed E-state index contributed by atoms with van der Waals surface area (Å²) in [6.45, 7) is 7.66. The Morgan fingerprint density at radius 2 is 1.82 bits per heavy atom. The summed E-state index contributed by atoms with van der Waals surface area (Å²) < 4.78 is 0. The minimum Gasteiger partial charge on any atom is -0.328 e. The molecule has 0 amide bonds. The molecule has 0 unspecified atom stereocenters. The van der Waals surface area contributed by atoms with Gasteiger partial charge in [0.1, 0.15) is 0 Å². The quantitative estimate of drug-likeness (QED) is 0.656.